The molecule has 19 heavy (non-hydrogen) atoms. The molecule has 0 spiro atoms. The standard InChI is InChI=1S/C17H26N2/c1-13(2)15-8-7-14(3)16(11-15)9-10-19(6)17(4,5)12-18/h7-8,11,13H,9-10H2,1-6H3. The summed E-state index contributed by atoms with van der Waals surface area (Å²) in [6.07, 6.45) is 0.994. The van der Waals surface area contributed by atoms with Crippen molar-refractivity contribution in [3.05, 3.63) is 34.9 Å². The maximum Gasteiger partial charge on any atom is 0.103 e. The Bertz CT molecular complexity index is 467. The van der Waals surface area contributed by atoms with Crippen molar-refractivity contribution in [2.45, 2.75) is 52.5 Å². The molecule has 0 aliphatic carbocycles. The van der Waals surface area contributed by atoms with E-state index in [0.717, 1.165) is 13.0 Å². The molecule has 0 aliphatic heterocycles. The highest BCUT2D eigenvalue weighted by atomic mass is 15.2. The van der Waals surface area contributed by atoms with Crippen LogP contribution in [0.1, 0.15) is 50.3 Å². The first-order chi connectivity index (χ1) is 8.77. The second kappa shape index (κ2) is 6.21. The minimum absolute atomic E-state index is 0.399. The van der Waals surface area contributed by atoms with Gasteiger partial charge in [0, 0.05) is 6.54 Å². The Morgan fingerprint density at radius 2 is 1.95 bits per heavy atom. The van der Waals surface area contributed by atoms with Crippen molar-refractivity contribution in [2.75, 3.05) is 13.6 Å². The summed E-state index contributed by atoms with van der Waals surface area (Å²) in [6.45, 7) is 11.4. The molecule has 0 heterocycles. The molecule has 0 amide bonds. The van der Waals surface area contributed by atoms with Gasteiger partial charge in [0.25, 0.3) is 0 Å². The second-order valence-electron chi connectivity index (χ2n) is 6.18. The zero-order chi connectivity index (χ0) is 14.6. The zero-order valence-corrected chi connectivity index (χ0v) is 13.1. The van der Waals surface area contributed by atoms with Gasteiger partial charge in [0.05, 0.1) is 6.07 Å². The summed E-state index contributed by atoms with van der Waals surface area (Å²) in [5, 5.41) is 9.14. The van der Waals surface area contributed by atoms with Crippen LogP contribution in [0, 0.1) is 18.3 Å². The van der Waals surface area contributed by atoms with Gasteiger partial charge in [0.15, 0.2) is 0 Å². The van der Waals surface area contributed by atoms with E-state index in [1.807, 2.05) is 20.9 Å². The fourth-order valence-corrected chi connectivity index (χ4v) is 1.97. The molecule has 0 radical (unpaired) electrons. The Morgan fingerprint density at radius 1 is 1.32 bits per heavy atom. The molecule has 0 aliphatic rings. The van der Waals surface area contributed by atoms with Crippen molar-refractivity contribution in [2.24, 2.45) is 0 Å². The van der Waals surface area contributed by atoms with Crippen molar-refractivity contribution in [1.29, 1.82) is 5.26 Å². The monoisotopic (exact) mass is 258 g/mol. The molecule has 0 aromatic heterocycles. The van der Waals surface area contributed by atoms with E-state index in [1.54, 1.807) is 0 Å². The Balaban J connectivity index is 2.78. The largest absolute Gasteiger partial charge is 0.289 e. The lowest BCUT2D eigenvalue weighted by Crippen LogP contribution is -2.40. The van der Waals surface area contributed by atoms with Gasteiger partial charge in [0.2, 0.25) is 0 Å². The van der Waals surface area contributed by atoms with Crippen LogP contribution in [0.4, 0.5) is 0 Å². The lowest BCUT2D eigenvalue weighted by molar-refractivity contribution is 0.214. The van der Waals surface area contributed by atoms with Crippen molar-refractivity contribution >= 4 is 0 Å². The van der Waals surface area contributed by atoms with Crippen molar-refractivity contribution in [1.82, 2.24) is 4.90 Å². The van der Waals surface area contributed by atoms with Crippen LogP contribution >= 0.6 is 0 Å². The second-order valence-corrected chi connectivity index (χ2v) is 6.18. The van der Waals surface area contributed by atoms with E-state index in [1.165, 1.54) is 16.7 Å². The average Bonchev–Trinajstić information content (AvgIpc) is 2.36. The summed E-state index contributed by atoms with van der Waals surface area (Å²) >= 11 is 0. The quantitative estimate of drug-likeness (QED) is 0.801. The summed E-state index contributed by atoms with van der Waals surface area (Å²) in [7, 11) is 2.02. The first-order valence-electron chi connectivity index (χ1n) is 7.00. The highest BCUT2D eigenvalue weighted by Gasteiger charge is 2.22. The summed E-state index contributed by atoms with van der Waals surface area (Å²) in [5.74, 6) is 0.563. The van der Waals surface area contributed by atoms with Crippen LogP contribution < -0.4 is 0 Å². The molecule has 0 bridgehead atoms. The summed E-state index contributed by atoms with van der Waals surface area (Å²) in [6, 6.07) is 9.08. The van der Waals surface area contributed by atoms with Gasteiger partial charge in [-0.3, -0.25) is 4.90 Å². The van der Waals surface area contributed by atoms with Gasteiger partial charge in [-0.15, -0.1) is 0 Å². The van der Waals surface area contributed by atoms with Crippen LogP contribution in [0.2, 0.25) is 0 Å². The van der Waals surface area contributed by atoms with E-state index in [2.05, 4.69) is 49.9 Å². The molecule has 1 aromatic carbocycles. The summed E-state index contributed by atoms with van der Waals surface area (Å²) < 4.78 is 0. The van der Waals surface area contributed by atoms with Crippen LogP contribution in [0.3, 0.4) is 0 Å². The molecule has 1 aromatic rings. The molecule has 0 atom stereocenters. The third-order valence-corrected chi connectivity index (χ3v) is 3.98. The summed E-state index contributed by atoms with van der Waals surface area (Å²) in [5.41, 5.74) is 3.73. The van der Waals surface area contributed by atoms with Gasteiger partial charge in [-0.25, -0.2) is 0 Å². The van der Waals surface area contributed by atoms with Crippen LogP contribution in [-0.2, 0) is 6.42 Å². The van der Waals surface area contributed by atoms with Crippen LogP contribution in [0.15, 0.2) is 18.2 Å². The third-order valence-electron chi connectivity index (χ3n) is 3.98. The normalized spacial score (nSPS) is 11.9. The fourth-order valence-electron chi connectivity index (χ4n) is 1.97. The van der Waals surface area contributed by atoms with E-state index >= 15 is 0 Å². The SMILES string of the molecule is Cc1ccc(C(C)C)cc1CCN(C)C(C)(C)C#N. The lowest BCUT2D eigenvalue weighted by atomic mass is 9.96. The molecule has 2 nitrogen and oxygen atoms in total. The van der Waals surface area contributed by atoms with Crippen molar-refractivity contribution in [3.63, 3.8) is 0 Å². The number of hydrogen-bond donors (Lipinski definition) is 0. The minimum atomic E-state index is -0.399. The molecule has 2 heteroatoms. The number of nitriles is 1. The van der Waals surface area contributed by atoms with E-state index in [-0.39, 0.29) is 0 Å². The fraction of sp³-hybridized carbons (Fsp3) is 0.588. The van der Waals surface area contributed by atoms with Gasteiger partial charge < -0.3 is 0 Å². The van der Waals surface area contributed by atoms with Crippen LogP contribution in [-0.4, -0.2) is 24.0 Å². The number of nitrogens with zero attached hydrogens (tertiary/aromatic N) is 2. The highest BCUT2D eigenvalue weighted by Crippen LogP contribution is 2.20. The Hall–Kier alpha value is -1.33. The van der Waals surface area contributed by atoms with Gasteiger partial charge >= 0.3 is 0 Å². The number of hydrogen-bond acceptors (Lipinski definition) is 2. The average molecular weight is 258 g/mol. The van der Waals surface area contributed by atoms with Gasteiger partial charge in [-0.1, -0.05) is 32.0 Å². The topological polar surface area (TPSA) is 27.0 Å². The molecule has 0 saturated heterocycles. The number of aryl methyl sites for hydroxylation is 1. The molecule has 0 unspecified atom stereocenters. The smallest absolute Gasteiger partial charge is 0.103 e. The zero-order valence-electron chi connectivity index (χ0n) is 13.1. The maximum atomic E-state index is 9.14. The first-order valence-corrected chi connectivity index (χ1v) is 7.00. The van der Waals surface area contributed by atoms with Crippen molar-refractivity contribution < 1.29 is 0 Å². The van der Waals surface area contributed by atoms with E-state index in [4.69, 9.17) is 5.26 Å². The van der Waals surface area contributed by atoms with E-state index < -0.39 is 5.54 Å². The van der Waals surface area contributed by atoms with Crippen molar-refractivity contribution in [3.8, 4) is 6.07 Å². The Labute approximate surface area is 118 Å². The molecular weight excluding hydrogens is 232 g/mol. The Morgan fingerprint density at radius 3 is 2.47 bits per heavy atom. The molecule has 0 fully saturated rings. The molecule has 1 rings (SSSR count). The number of rotatable bonds is 5. The van der Waals surface area contributed by atoms with Gasteiger partial charge in [-0.2, -0.15) is 5.26 Å². The minimum Gasteiger partial charge on any atom is -0.289 e. The summed E-state index contributed by atoms with van der Waals surface area (Å²) in [4.78, 5) is 2.12. The molecular formula is C17H26N2. The van der Waals surface area contributed by atoms with E-state index in [0.29, 0.717) is 5.92 Å². The number of likely N-dealkylation sites (N-methyl/N-ethyl adjacent to an activating group) is 1. The predicted octanol–water partition coefficient (Wildman–Crippen LogP) is 3.89. The van der Waals surface area contributed by atoms with Gasteiger partial charge in [-0.05, 0) is 56.8 Å². The van der Waals surface area contributed by atoms with Crippen LogP contribution in [0.5, 0.6) is 0 Å². The first kappa shape index (κ1) is 15.7. The van der Waals surface area contributed by atoms with Crippen LogP contribution in [0.25, 0.3) is 0 Å². The molecule has 0 N–H and O–H groups in total. The molecule has 104 valence electrons. The maximum absolute atomic E-state index is 9.14. The lowest BCUT2D eigenvalue weighted by Gasteiger charge is -2.29. The third kappa shape index (κ3) is 4.08. The Kier molecular flexibility index (Phi) is 5.14. The van der Waals surface area contributed by atoms with Gasteiger partial charge in [0.1, 0.15) is 5.54 Å². The number of benzene rings is 1. The molecule has 0 saturated carbocycles. The van der Waals surface area contributed by atoms with E-state index in [9.17, 15) is 0 Å². The highest BCUT2D eigenvalue weighted by molar-refractivity contribution is 5.33. The predicted molar refractivity (Wildman–Crippen MR) is 81.3 cm³/mol.